The molecule has 0 aromatic carbocycles. The van der Waals surface area contributed by atoms with Crippen LogP contribution in [0.4, 0.5) is 0 Å². The second-order valence-electron chi connectivity index (χ2n) is 3.02. The molecular formula is C10H11IN2O3. The number of amides is 1. The first-order chi connectivity index (χ1) is 7.56. The van der Waals surface area contributed by atoms with Gasteiger partial charge in [-0.2, -0.15) is 0 Å². The Balaban J connectivity index is 2.87. The Kier molecular flexibility index (Phi) is 4.69. The minimum Gasteiger partial charge on any atom is -0.325 e. The maximum absolute atomic E-state index is 11.5. The fraction of sp³-hybridized carbons (Fsp3) is 0.200. The summed E-state index contributed by atoms with van der Waals surface area (Å²) in [5.74, 6) is -0.569. The molecule has 0 aliphatic carbocycles. The number of rotatable bonds is 4. The average Bonchev–Trinajstić information content (AvgIpc) is 2.23. The molecule has 1 heterocycles. The highest BCUT2D eigenvalue weighted by atomic mass is 127. The van der Waals surface area contributed by atoms with E-state index in [9.17, 15) is 9.59 Å². The largest absolute Gasteiger partial charge is 0.325 e. The normalized spacial score (nSPS) is 9.88. The van der Waals surface area contributed by atoms with E-state index in [0.717, 1.165) is 9.26 Å². The first-order valence-electron chi connectivity index (χ1n) is 4.48. The zero-order valence-corrected chi connectivity index (χ0v) is 10.8. The van der Waals surface area contributed by atoms with E-state index in [0.29, 0.717) is 0 Å². The highest BCUT2D eigenvalue weighted by Gasteiger charge is 2.12. The number of halogens is 1. The molecule has 0 spiro atoms. The third-order valence-corrected chi connectivity index (χ3v) is 2.91. The molecule has 0 saturated heterocycles. The van der Waals surface area contributed by atoms with Gasteiger partial charge in [-0.05, 0) is 35.6 Å². The monoisotopic (exact) mass is 334 g/mol. The fourth-order valence-corrected chi connectivity index (χ4v) is 1.43. The molecule has 0 aliphatic rings. The lowest BCUT2D eigenvalue weighted by Crippen LogP contribution is -2.30. The van der Waals surface area contributed by atoms with Crippen molar-refractivity contribution >= 4 is 28.5 Å². The smallest absolute Gasteiger partial charge is 0.280 e. The van der Waals surface area contributed by atoms with Crippen molar-refractivity contribution in [1.29, 1.82) is 0 Å². The average molecular weight is 334 g/mol. The van der Waals surface area contributed by atoms with Crippen LogP contribution in [0.15, 0.2) is 23.5 Å². The Hall–Kier alpha value is -1.15. The van der Waals surface area contributed by atoms with Crippen LogP contribution >= 0.6 is 22.6 Å². The minimum absolute atomic E-state index is 0.0269. The molecule has 0 unspecified atom stereocenters. The number of carbonyl (C=O) groups excluding carboxylic acids is 1. The number of H-pyrrole nitrogens is 1. The maximum atomic E-state index is 11.5. The van der Waals surface area contributed by atoms with E-state index in [-0.39, 0.29) is 12.2 Å². The predicted molar refractivity (Wildman–Crippen MR) is 68.1 cm³/mol. The van der Waals surface area contributed by atoms with Crippen molar-refractivity contribution < 1.29 is 9.63 Å². The summed E-state index contributed by atoms with van der Waals surface area (Å²) < 4.78 is 0.811. The van der Waals surface area contributed by atoms with Gasteiger partial charge >= 0.3 is 0 Å². The molecule has 0 radical (unpaired) electrons. The van der Waals surface area contributed by atoms with Crippen LogP contribution < -0.4 is 11.0 Å². The highest BCUT2D eigenvalue weighted by Crippen LogP contribution is 2.07. The van der Waals surface area contributed by atoms with E-state index < -0.39 is 11.5 Å². The summed E-state index contributed by atoms with van der Waals surface area (Å²) in [5.41, 5.74) is 2.48. The van der Waals surface area contributed by atoms with E-state index in [1.807, 2.05) is 22.6 Å². The number of hydroxylamine groups is 1. The third kappa shape index (κ3) is 3.17. The summed E-state index contributed by atoms with van der Waals surface area (Å²) in [6.45, 7) is 5.38. The van der Waals surface area contributed by atoms with E-state index in [2.05, 4.69) is 17.0 Å². The number of hydrogen-bond donors (Lipinski definition) is 2. The van der Waals surface area contributed by atoms with Gasteiger partial charge in [-0.3, -0.25) is 14.4 Å². The third-order valence-electron chi connectivity index (χ3n) is 1.79. The molecule has 86 valence electrons. The molecule has 0 atom stereocenters. The summed E-state index contributed by atoms with van der Waals surface area (Å²) in [4.78, 5) is 30.3. The quantitative estimate of drug-likeness (QED) is 0.375. The molecule has 1 aromatic heterocycles. The minimum atomic E-state index is -0.569. The van der Waals surface area contributed by atoms with Gasteiger partial charge in [-0.15, -0.1) is 6.58 Å². The molecule has 0 fully saturated rings. The Labute approximate surface area is 106 Å². The molecule has 16 heavy (non-hydrogen) atoms. The van der Waals surface area contributed by atoms with Gasteiger partial charge in [0.15, 0.2) is 0 Å². The predicted octanol–water partition coefficient (Wildman–Crippen LogP) is 1.14. The zero-order chi connectivity index (χ0) is 12.1. The van der Waals surface area contributed by atoms with Crippen LogP contribution in [-0.2, 0) is 4.84 Å². The van der Waals surface area contributed by atoms with Gasteiger partial charge in [0.2, 0.25) is 0 Å². The van der Waals surface area contributed by atoms with Gasteiger partial charge in [-0.25, -0.2) is 5.48 Å². The van der Waals surface area contributed by atoms with Crippen molar-refractivity contribution in [2.45, 2.75) is 6.92 Å². The molecule has 5 nitrogen and oxygen atoms in total. The van der Waals surface area contributed by atoms with Crippen molar-refractivity contribution in [1.82, 2.24) is 10.5 Å². The summed E-state index contributed by atoms with van der Waals surface area (Å²) in [5, 5.41) is 0. The lowest BCUT2D eigenvalue weighted by molar-refractivity contribution is 0.0420. The van der Waals surface area contributed by atoms with Gasteiger partial charge in [-0.1, -0.05) is 6.08 Å². The Morgan fingerprint density at radius 2 is 2.44 bits per heavy atom. The maximum Gasteiger partial charge on any atom is 0.280 e. The number of hydrogen-bond acceptors (Lipinski definition) is 3. The molecular weight excluding hydrogens is 323 g/mol. The van der Waals surface area contributed by atoms with Gasteiger partial charge in [0.05, 0.1) is 6.61 Å². The summed E-state index contributed by atoms with van der Waals surface area (Å²) >= 11 is 2.04. The molecule has 6 heteroatoms. The van der Waals surface area contributed by atoms with Crippen molar-refractivity contribution in [3.63, 3.8) is 0 Å². The Morgan fingerprint density at radius 1 is 1.75 bits per heavy atom. The van der Waals surface area contributed by atoms with Crippen molar-refractivity contribution in [3.8, 4) is 0 Å². The van der Waals surface area contributed by atoms with Crippen LogP contribution in [0.3, 0.4) is 0 Å². The van der Waals surface area contributed by atoms with Gasteiger partial charge < -0.3 is 4.98 Å². The summed E-state index contributed by atoms with van der Waals surface area (Å²) in [6.07, 6.45) is 1.49. The lowest BCUT2D eigenvalue weighted by Gasteiger charge is -2.04. The van der Waals surface area contributed by atoms with Crippen LogP contribution in [0.2, 0.25) is 0 Å². The van der Waals surface area contributed by atoms with Gasteiger partial charge in [0.25, 0.3) is 11.5 Å². The first-order valence-corrected chi connectivity index (χ1v) is 5.56. The molecule has 0 saturated carbocycles. The molecule has 1 rings (SSSR count). The van der Waals surface area contributed by atoms with E-state index >= 15 is 0 Å². The first kappa shape index (κ1) is 12.9. The Morgan fingerprint density at radius 3 is 3.06 bits per heavy atom. The van der Waals surface area contributed by atoms with E-state index in [4.69, 9.17) is 4.84 Å². The number of carbonyl (C=O) groups is 1. The molecule has 1 amide bonds. The van der Waals surface area contributed by atoms with Crippen LogP contribution in [0.25, 0.3) is 0 Å². The fourth-order valence-electron chi connectivity index (χ4n) is 0.988. The van der Waals surface area contributed by atoms with E-state index in [1.165, 1.54) is 12.1 Å². The van der Waals surface area contributed by atoms with Crippen molar-refractivity contribution in [2.75, 3.05) is 6.61 Å². The number of pyridine rings is 1. The number of aromatic amines is 1. The number of aromatic nitrogens is 1. The number of nitrogens with one attached hydrogen (secondary N) is 2. The molecule has 0 aliphatic heterocycles. The zero-order valence-electron chi connectivity index (χ0n) is 8.67. The number of aryl methyl sites for hydroxylation is 1. The van der Waals surface area contributed by atoms with Crippen LogP contribution in [0.1, 0.15) is 16.1 Å². The second-order valence-corrected chi connectivity index (χ2v) is 4.18. The molecule has 0 bridgehead atoms. The van der Waals surface area contributed by atoms with Crippen LogP contribution in [-0.4, -0.2) is 17.5 Å². The Bertz CT molecular complexity index is 468. The van der Waals surface area contributed by atoms with Crippen molar-refractivity contribution in [2.24, 2.45) is 0 Å². The summed E-state index contributed by atoms with van der Waals surface area (Å²) in [7, 11) is 0. The molecule has 1 aromatic rings. The SMILES string of the molecule is C=CCONC(=O)c1cc(I)c(C)[nH]c1=O. The summed E-state index contributed by atoms with van der Waals surface area (Å²) in [6, 6.07) is 1.52. The topological polar surface area (TPSA) is 71.2 Å². The van der Waals surface area contributed by atoms with Crippen LogP contribution in [0, 0.1) is 10.5 Å². The van der Waals surface area contributed by atoms with Gasteiger partial charge in [0.1, 0.15) is 5.56 Å². The van der Waals surface area contributed by atoms with E-state index in [1.54, 1.807) is 6.92 Å². The van der Waals surface area contributed by atoms with Crippen LogP contribution in [0.5, 0.6) is 0 Å². The lowest BCUT2D eigenvalue weighted by atomic mass is 10.2. The van der Waals surface area contributed by atoms with Gasteiger partial charge in [0, 0.05) is 9.26 Å². The van der Waals surface area contributed by atoms with Crippen molar-refractivity contribution in [3.05, 3.63) is 43.9 Å². The highest BCUT2D eigenvalue weighted by molar-refractivity contribution is 14.1. The standard InChI is InChI=1S/C10H11IN2O3/c1-3-4-16-13-10(15)7-5-8(11)6(2)12-9(7)14/h3,5H,1,4H2,2H3,(H,12,14)(H,13,15). The second kappa shape index (κ2) is 5.80. The molecule has 2 N–H and O–H groups in total.